The van der Waals surface area contributed by atoms with Gasteiger partial charge in [0.15, 0.2) is 11.4 Å². The molecule has 0 saturated carbocycles. The Kier molecular flexibility index (Phi) is 6.08. The summed E-state index contributed by atoms with van der Waals surface area (Å²) in [5.74, 6) is 0.511. The van der Waals surface area contributed by atoms with E-state index in [-0.39, 0.29) is 19.1 Å². The Hall–Kier alpha value is -2.86. The average Bonchev–Trinajstić information content (AvgIpc) is 3.08. The number of ether oxygens (including phenoxy) is 1. The summed E-state index contributed by atoms with van der Waals surface area (Å²) in [6.45, 7) is 5.02. The summed E-state index contributed by atoms with van der Waals surface area (Å²) in [7, 11) is 0. The fraction of sp³-hybridized carbons (Fsp3) is 0.333. The fourth-order valence-corrected chi connectivity index (χ4v) is 3.16. The monoisotopic (exact) mass is 367 g/mol. The molecule has 6 heteroatoms. The number of aromatic nitrogens is 2. The Labute approximate surface area is 159 Å². The van der Waals surface area contributed by atoms with E-state index in [0.29, 0.717) is 36.7 Å². The number of aryl methyl sites for hydroxylation is 1. The van der Waals surface area contributed by atoms with Crippen LogP contribution in [-0.2, 0) is 13.0 Å². The van der Waals surface area contributed by atoms with Crippen molar-refractivity contribution in [2.75, 3.05) is 19.8 Å². The molecule has 0 atom stereocenters. The molecule has 0 bridgehead atoms. The van der Waals surface area contributed by atoms with Gasteiger partial charge in [0.2, 0.25) is 0 Å². The first-order chi connectivity index (χ1) is 13.2. The number of nitrogens with zero attached hydrogens (tertiary/aromatic N) is 3. The van der Waals surface area contributed by atoms with Gasteiger partial charge >= 0.3 is 0 Å². The quantitative estimate of drug-likeness (QED) is 0.665. The molecule has 142 valence electrons. The first kappa shape index (κ1) is 18.9. The van der Waals surface area contributed by atoms with E-state index in [1.54, 1.807) is 9.30 Å². The van der Waals surface area contributed by atoms with Crippen molar-refractivity contribution in [3.05, 3.63) is 65.6 Å². The molecule has 0 fully saturated rings. The van der Waals surface area contributed by atoms with Gasteiger partial charge in [-0.2, -0.15) is 0 Å². The van der Waals surface area contributed by atoms with E-state index < -0.39 is 0 Å². The number of hydrogen-bond donors (Lipinski definition) is 1. The summed E-state index contributed by atoms with van der Waals surface area (Å²) in [4.78, 5) is 19.7. The summed E-state index contributed by atoms with van der Waals surface area (Å²) < 4.78 is 7.46. The molecule has 1 N–H and O–H groups in total. The maximum atomic E-state index is 13.4. The highest BCUT2D eigenvalue weighted by molar-refractivity contribution is 5.95. The van der Waals surface area contributed by atoms with Crippen LogP contribution in [0.4, 0.5) is 0 Å². The largest absolute Gasteiger partial charge is 0.490 e. The van der Waals surface area contributed by atoms with Crippen LogP contribution in [0.3, 0.4) is 0 Å². The zero-order valence-corrected chi connectivity index (χ0v) is 15.8. The van der Waals surface area contributed by atoms with Crippen molar-refractivity contribution in [1.82, 2.24) is 14.3 Å². The molecule has 6 nitrogen and oxygen atoms in total. The Balaban J connectivity index is 2.03. The number of carbonyl (C=O) groups is 1. The third-order valence-corrected chi connectivity index (χ3v) is 4.40. The summed E-state index contributed by atoms with van der Waals surface area (Å²) in [5.41, 5.74) is 2.91. The van der Waals surface area contributed by atoms with Crippen LogP contribution in [-0.4, -0.2) is 45.1 Å². The molecule has 1 amide bonds. The van der Waals surface area contributed by atoms with Gasteiger partial charge in [0.25, 0.3) is 5.91 Å². The first-order valence-corrected chi connectivity index (χ1v) is 9.26. The van der Waals surface area contributed by atoms with Gasteiger partial charge in [0.1, 0.15) is 5.69 Å². The van der Waals surface area contributed by atoms with Crippen molar-refractivity contribution in [3.63, 3.8) is 0 Å². The molecule has 3 aromatic rings. The first-order valence-electron chi connectivity index (χ1n) is 9.26. The SMILES string of the molecule is CCOc1cccn2c(C(=O)N(CCO)Cc3ccccc3)c(CC)nc12. The number of rotatable bonds is 8. The number of amides is 1. The topological polar surface area (TPSA) is 67.1 Å². The van der Waals surface area contributed by atoms with E-state index in [0.717, 1.165) is 11.3 Å². The number of hydrogen-bond acceptors (Lipinski definition) is 4. The lowest BCUT2D eigenvalue weighted by Crippen LogP contribution is -2.34. The normalized spacial score (nSPS) is 10.9. The number of benzene rings is 1. The molecule has 3 rings (SSSR count). The molecule has 0 aliphatic carbocycles. The summed E-state index contributed by atoms with van der Waals surface area (Å²) >= 11 is 0. The van der Waals surface area contributed by atoms with Crippen molar-refractivity contribution in [2.45, 2.75) is 26.8 Å². The predicted octanol–water partition coefficient (Wildman–Crippen LogP) is 2.93. The highest BCUT2D eigenvalue weighted by Gasteiger charge is 2.24. The van der Waals surface area contributed by atoms with Gasteiger partial charge < -0.3 is 14.7 Å². The van der Waals surface area contributed by atoms with Gasteiger partial charge in [-0.25, -0.2) is 4.98 Å². The second-order valence-electron chi connectivity index (χ2n) is 6.20. The summed E-state index contributed by atoms with van der Waals surface area (Å²) in [5, 5.41) is 9.48. The van der Waals surface area contributed by atoms with Gasteiger partial charge in [-0.1, -0.05) is 37.3 Å². The zero-order chi connectivity index (χ0) is 19.2. The van der Waals surface area contributed by atoms with Gasteiger partial charge in [-0.15, -0.1) is 0 Å². The number of aliphatic hydroxyl groups excluding tert-OH is 1. The van der Waals surface area contributed by atoms with Gasteiger partial charge in [0, 0.05) is 19.3 Å². The van der Waals surface area contributed by atoms with Crippen LogP contribution in [0.1, 0.15) is 35.6 Å². The minimum Gasteiger partial charge on any atom is -0.490 e. The third kappa shape index (κ3) is 3.95. The molecular formula is C21H25N3O3. The molecule has 0 spiro atoms. The fourth-order valence-electron chi connectivity index (χ4n) is 3.16. The van der Waals surface area contributed by atoms with Crippen LogP contribution in [0.25, 0.3) is 5.65 Å². The van der Waals surface area contributed by atoms with E-state index in [4.69, 9.17) is 4.74 Å². The standard InChI is InChI=1S/C21H25N3O3/c1-3-17-19(24-12-8-11-18(27-4-2)20(24)22-17)21(26)23(13-14-25)15-16-9-6-5-7-10-16/h5-12,25H,3-4,13-15H2,1-2H3. The lowest BCUT2D eigenvalue weighted by molar-refractivity contribution is 0.0699. The van der Waals surface area contributed by atoms with Gasteiger partial charge in [0.05, 0.1) is 18.9 Å². The van der Waals surface area contributed by atoms with Crippen molar-refractivity contribution < 1.29 is 14.6 Å². The highest BCUT2D eigenvalue weighted by atomic mass is 16.5. The lowest BCUT2D eigenvalue weighted by Gasteiger charge is -2.22. The van der Waals surface area contributed by atoms with Crippen LogP contribution in [0.2, 0.25) is 0 Å². The molecule has 27 heavy (non-hydrogen) atoms. The van der Waals surface area contributed by atoms with Crippen molar-refractivity contribution >= 4 is 11.6 Å². The van der Waals surface area contributed by atoms with Crippen molar-refractivity contribution in [1.29, 1.82) is 0 Å². The van der Waals surface area contributed by atoms with Gasteiger partial charge in [-0.05, 0) is 31.0 Å². The maximum absolute atomic E-state index is 13.4. The van der Waals surface area contributed by atoms with E-state index in [1.807, 2.05) is 62.5 Å². The molecule has 0 aliphatic heterocycles. The van der Waals surface area contributed by atoms with E-state index in [1.165, 1.54) is 0 Å². The molecule has 0 radical (unpaired) electrons. The van der Waals surface area contributed by atoms with E-state index in [2.05, 4.69) is 4.98 Å². The minimum absolute atomic E-state index is 0.0963. The van der Waals surface area contributed by atoms with Crippen LogP contribution >= 0.6 is 0 Å². The molecule has 2 heterocycles. The van der Waals surface area contributed by atoms with Crippen molar-refractivity contribution in [3.8, 4) is 5.75 Å². The Morgan fingerprint density at radius 1 is 1.19 bits per heavy atom. The molecule has 0 aliphatic rings. The van der Waals surface area contributed by atoms with Gasteiger partial charge in [-0.3, -0.25) is 9.20 Å². The molecule has 2 aromatic heterocycles. The van der Waals surface area contributed by atoms with Crippen LogP contribution < -0.4 is 4.74 Å². The van der Waals surface area contributed by atoms with Crippen LogP contribution in [0, 0.1) is 0 Å². The molecule has 1 aromatic carbocycles. The Morgan fingerprint density at radius 3 is 2.63 bits per heavy atom. The van der Waals surface area contributed by atoms with Crippen molar-refractivity contribution in [2.24, 2.45) is 0 Å². The Bertz CT molecular complexity index is 906. The smallest absolute Gasteiger partial charge is 0.273 e. The third-order valence-electron chi connectivity index (χ3n) is 4.40. The predicted molar refractivity (Wildman–Crippen MR) is 104 cm³/mol. The van der Waals surface area contributed by atoms with E-state index in [9.17, 15) is 9.90 Å². The second-order valence-corrected chi connectivity index (χ2v) is 6.20. The second kappa shape index (κ2) is 8.68. The summed E-state index contributed by atoms with van der Waals surface area (Å²) in [6.07, 6.45) is 2.46. The number of imidazole rings is 1. The number of carbonyl (C=O) groups excluding carboxylic acids is 1. The number of pyridine rings is 1. The van der Waals surface area contributed by atoms with Crippen LogP contribution in [0.15, 0.2) is 48.7 Å². The highest BCUT2D eigenvalue weighted by Crippen LogP contribution is 2.24. The lowest BCUT2D eigenvalue weighted by atomic mass is 10.2. The average molecular weight is 367 g/mol. The zero-order valence-electron chi connectivity index (χ0n) is 15.8. The number of fused-ring (bicyclic) bond motifs is 1. The minimum atomic E-state index is -0.147. The molecule has 0 saturated heterocycles. The maximum Gasteiger partial charge on any atom is 0.273 e. The molecular weight excluding hydrogens is 342 g/mol. The van der Waals surface area contributed by atoms with E-state index >= 15 is 0 Å². The van der Waals surface area contributed by atoms with Crippen LogP contribution in [0.5, 0.6) is 5.75 Å². The summed E-state index contributed by atoms with van der Waals surface area (Å²) in [6, 6.07) is 13.5. The Morgan fingerprint density at radius 2 is 1.96 bits per heavy atom. The molecule has 0 unspecified atom stereocenters. The number of aliphatic hydroxyl groups is 1.